The van der Waals surface area contributed by atoms with Crippen LogP contribution in [0.3, 0.4) is 0 Å². The fourth-order valence-corrected chi connectivity index (χ4v) is 2.69. The van der Waals surface area contributed by atoms with E-state index in [1.807, 2.05) is 0 Å². The van der Waals surface area contributed by atoms with Crippen molar-refractivity contribution in [3.05, 3.63) is 28.0 Å². The van der Waals surface area contributed by atoms with Crippen LogP contribution in [-0.4, -0.2) is 35.9 Å². The van der Waals surface area contributed by atoms with E-state index in [-0.39, 0.29) is 11.8 Å². The first-order valence-corrected chi connectivity index (χ1v) is 6.59. The van der Waals surface area contributed by atoms with Crippen molar-refractivity contribution < 1.29 is 4.79 Å². The van der Waals surface area contributed by atoms with Gasteiger partial charge in [0, 0.05) is 38.1 Å². The number of aromatic nitrogens is 1. The Morgan fingerprint density at radius 2 is 2.17 bits per heavy atom. The Morgan fingerprint density at radius 1 is 1.50 bits per heavy atom. The third kappa shape index (κ3) is 2.94. The molecule has 1 aromatic rings. The molecule has 1 aliphatic rings. The van der Waals surface area contributed by atoms with Gasteiger partial charge in [0.2, 0.25) is 5.91 Å². The van der Waals surface area contributed by atoms with Crippen molar-refractivity contribution in [2.45, 2.75) is 13.0 Å². The van der Waals surface area contributed by atoms with Crippen molar-refractivity contribution in [2.75, 3.05) is 20.1 Å². The van der Waals surface area contributed by atoms with Gasteiger partial charge in [0.15, 0.2) is 0 Å². The molecule has 1 atom stereocenters. The Morgan fingerprint density at radius 3 is 2.78 bits per heavy atom. The van der Waals surface area contributed by atoms with Gasteiger partial charge in [-0.2, -0.15) is 0 Å². The van der Waals surface area contributed by atoms with Gasteiger partial charge in [0.25, 0.3) is 0 Å². The van der Waals surface area contributed by atoms with Gasteiger partial charge >= 0.3 is 0 Å². The third-order valence-electron chi connectivity index (χ3n) is 3.22. The van der Waals surface area contributed by atoms with Crippen LogP contribution in [-0.2, 0) is 11.3 Å². The minimum Gasteiger partial charge on any atom is -0.359 e. The largest absolute Gasteiger partial charge is 0.359 e. The Bertz CT molecular complexity index is 433. The molecule has 0 saturated carbocycles. The first-order chi connectivity index (χ1) is 8.61. The quantitative estimate of drug-likeness (QED) is 0.924. The molecule has 2 heterocycles. The van der Waals surface area contributed by atoms with E-state index in [1.54, 1.807) is 19.4 Å². The Kier molecular flexibility index (Phi) is 4.43. The van der Waals surface area contributed by atoms with E-state index in [9.17, 15) is 4.79 Å². The maximum atomic E-state index is 11.5. The molecule has 0 aromatic carbocycles. The summed E-state index contributed by atoms with van der Waals surface area (Å²) in [4.78, 5) is 17.7. The van der Waals surface area contributed by atoms with Crippen LogP contribution in [0, 0.1) is 5.92 Å². The van der Waals surface area contributed by atoms with E-state index < -0.39 is 0 Å². The topological polar surface area (TPSA) is 45.2 Å². The highest BCUT2D eigenvalue weighted by Gasteiger charge is 2.28. The zero-order chi connectivity index (χ0) is 13.1. The molecule has 0 radical (unpaired) electrons. The third-order valence-corrected chi connectivity index (χ3v) is 3.88. The first-order valence-electron chi connectivity index (χ1n) is 5.83. The van der Waals surface area contributed by atoms with E-state index in [1.165, 1.54) is 0 Å². The lowest BCUT2D eigenvalue weighted by atomic mass is 10.1. The van der Waals surface area contributed by atoms with Crippen LogP contribution in [0.4, 0.5) is 0 Å². The number of nitrogens with one attached hydrogen (secondary N) is 1. The van der Waals surface area contributed by atoms with Crippen molar-refractivity contribution in [1.82, 2.24) is 15.2 Å². The molecular weight excluding hydrogens is 273 g/mol. The number of likely N-dealkylation sites (tertiary alicyclic amines) is 1. The van der Waals surface area contributed by atoms with Gasteiger partial charge in [0.1, 0.15) is 0 Å². The predicted molar refractivity (Wildman–Crippen MR) is 71.7 cm³/mol. The zero-order valence-corrected chi connectivity index (χ0v) is 11.6. The minimum absolute atomic E-state index is 0.0642. The number of halogens is 2. The monoisotopic (exact) mass is 287 g/mol. The number of hydrogen-bond acceptors (Lipinski definition) is 3. The Labute approximate surface area is 116 Å². The summed E-state index contributed by atoms with van der Waals surface area (Å²) in [6, 6.07) is 0. The molecule has 6 heteroatoms. The molecule has 98 valence electrons. The van der Waals surface area contributed by atoms with Crippen molar-refractivity contribution in [1.29, 1.82) is 0 Å². The second-order valence-electron chi connectivity index (χ2n) is 4.42. The minimum atomic E-state index is 0.0642. The zero-order valence-electron chi connectivity index (χ0n) is 10.1. The van der Waals surface area contributed by atoms with Crippen LogP contribution < -0.4 is 5.32 Å². The normalized spacial score (nSPS) is 20.1. The maximum Gasteiger partial charge on any atom is 0.224 e. The highest BCUT2D eigenvalue weighted by atomic mass is 35.5. The summed E-state index contributed by atoms with van der Waals surface area (Å²) < 4.78 is 0. The lowest BCUT2D eigenvalue weighted by Gasteiger charge is -2.17. The SMILES string of the molecule is CNC(=O)C1CCN(Cc2c(Cl)cncc2Cl)C1. The Balaban J connectivity index is 2.02. The molecule has 0 bridgehead atoms. The predicted octanol–water partition coefficient (Wildman–Crippen LogP) is 1.96. The molecule has 1 N–H and O–H groups in total. The molecule has 0 aliphatic carbocycles. The molecule has 1 aliphatic heterocycles. The van der Waals surface area contributed by atoms with E-state index in [4.69, 9.17) is 23.2 Å². The smallest absolute Gasteiger partial charge is 0.224 e. The van der Waals surface area contributed by atoms with Gasteiger partial charge in [-0.1, -0.05) is 23.2 Å². The molecule has 1 aromatic heterocycles. The number of rotatable bonds is 3. The van der Waals surface area contributed by atoms with Gasteiger partial charge in [-0.3, -0.25) is 14.7 Å². The number of nitrogens with zero attached hydrogens (tertiary/aromatic N) is 2. The average molecular weight is 288 g/mol. The second kappa shape index (κ2) is 5.87. The number of amides is 1. The van der Waals surface area contributed by atoms with Crippen molar-refractivity contribution in [3.8, 4) is 0 Å². The van der Waals surface area contributed by atoms with Gasteiger partial charge in [-0.15, -0.1) is 0 Å². The van der Waals surface area contributed by atoms with Crippen LogP contribution >= 0.6 is 23.2 Å². The Hall–Kier alpha value is -0.840. The van der Waals surface area contributed by atoms with Gasteiger partial charge in [0.05, 0.1) is 16.0 Å². The molecule has 4 nitrogen and oxygen atoms in total. The molecule has 1 unspecified atom stereocenters. The fraction of sp³-hybridized carbons (Fsp3) is 0.500. The molecule has 0 spiro atoms. The van der Waals surface area contributed by atoms with Gasteiger partial charge in [-0.25, -0.2) is 0 Å². The van der Waals surface area contributed by atoms with Gasteiger partial charge < -0.3 is 5.32 Å². The molecule has 1 saturated heterocycles. The van der Waals surface area contributed by atoms with E-state index in [2.05, 4.69) is 15.2 Å². The summed E-state index contributed by atoms with van der Waals surface area (Å²) >= 11 is 12.2. The highest BCUT2D eigenvalue weighted by molar-refractivity contribution is 6.35. The summed E-state index contributed by atoms with van der Waals surface area (Å²) in [6.07, 6.45) is 4.06. The molecule has 1 amide bonds. The van der Waals surface area contributed by atoms with E-state index >= 15 is 0 Å². The fourth-order valence-electron chi connectivity index (χ4n) is 2.21. The number of hydrogen-bond donors (Lipinski definition) is 1. The van der Waals surface area contributed by atoms with Crippen LogP contribution in [0.25, 0.3) is 0 Å². The van der Waals surface area contributed by atoms with E-state index in [0.29, 0.717) is 16.6 Å². The maximum absolute atomic E-state index is 11.5. The lowest BCUT2D eigenvalue weighted by Crippen LogP contribution is -2.30. The van der Waals surface area contributed by atoms with Crippen LogP contribution in [0.5, 0.6) is 0 Å². The highest BCUT2D eigenvalue weighted by Crippen LogP contribution is 2.27. The first kappa shape index (κ1) is 13.6. The second-order valence-corrected chi connectivity index (χ2v) is 5.23. The number of carbonyl (C=O) groups excluding carboxylic acids is 1. The summed E-state index contributed by atoms with van der Waals surface area (Å²) in [5.41, 5.74) is 0.880. The van der Waals surface area contributed by atoms with Crippen molar-refractivity contribution in [2.24, 2.45) is 5.92 Å². The van der Waals surface area contributed by atoms with Crippen molar-refractivity contribution >= 4 is 29.1 Å². The molecule has 2 rings (SSSR count). The number of carbonyl (C=O) groups is 1. The molecule has 18 heavy (non-hydrogen) atoms. The standard InChI is InChI=1S/C12H15Cl2N3O/c1-15-12(18)8-2-3-17(6-8)7-9-10(13)4-16-5-11(9)14/h4-5,8H,2-3,6-7H2,1H3,(H,15,18). The van der Waals surface area contributed by atoms with Crippen LogP contribution in [0.1, 0.15) is 12.0 Å². The average Bonchev–Trinajstić information content (AvgIpc) is 2.81. The van der Waals surface area contributed by atoms with E-state index in [0.717, 1.165) is 25.1 Å². The summed E-state index contributed by atoms with van der Waals surface area (Å²) in [6.45, 7) is 2.29. The van der Waals surface area contributed by atoms with Crippen molar-refractivity contribution in [3.63, 3.8) is 0 Å². The van der Waals surface area contributed by atoms with Crippen LogP contribution in [0.2, 0.25) is 10.0 Å². The summed E-state index contributed by atoms with van der Waals surface area (Å²) in [5.74, 6) is 0.166. The number of pyridine rings is 1. The lowest BCUT2D eigenvalue weighted by molar-refractivity contribution is -0.124. The molecular formula is C12H15Cl2N3O. The van der Waals surface area contributed by atoms with Gasteiger partial charge in [-0.05, 0) is 13.0 Å². The molecule has 1 fully saturated rings. The van der Waals surface area contributed by atoms with Crippen LogP contribution in [0.15, 0.2) is 12.4 Å². The summed E-state index contributed by atoms with van der Waals surface area (Å²) in [5, 5.41) is 3.84. The summed E-state index contributed by atoms with van der Waals surface area (Å²) in [7, 11) is 1.67.